The minimum absolute atomic E-state index is 0.753. The topological polar surface area (TPSA) is 9.23 Å². The van der Waals surface area contributed by atoms with Crippen LogP contribution in [-0.2, 0) is 6.42 Å². The van der Waals surface area contributed by atoms with Gasteiger partial charge in [0.15, 0.2) is 0 Å². The van der Waals surface area contributed by atoms with Crippen molar-refractivity contribution in [3.63, 3.8) is 0 Å². The molecule has 2 aliphatic rings. The first-order chi connectivity index (χ1) is 13.3. The summed E-state index contributed by atoms with van der Waals surface area (Å²) in [5.74, 6) is 5.15. The Kier molecular flexibility index (Phi) is 8.55. The average molecular weight is 371 g/mol. The lowest BCUT2D eigenvalue weighted by Gasteiger charge is -2.38. The van der Waals surface area contributed by atoms with Gasteiger partial charge in [-0.25, -0.2) is 0 Å². The number of unbranched alkanes of at least 4 members (excludes halogenated alkanes) is 1. The highest BCUT2D eigenvalue weighted by atomic mass is 16.5. The maximum atomic E-state index is 5.55. The van der Waals surface area contributed by atoms with Gasteiger partial charge in [0.25, 0.3) is 0 Å². The van der Waals surface area contributed by atoms with Crippen molar-refractivity contribution >= 4 is 0 Å². The first-order valence-electron chi connectivity index (χ1n) is 12.0. The molecular formula is C26H42O. The number of hydrogen-bond donors (Lipinski definition) is 0. The van der Waals surface area contributed by atoms with Crippen molar-refractivity contribution in [2.75, 3.05) is 6.61 Å². The van der Waals surface area contributed by atoms with Gasteiger partial charge in [-0.05, 0) is 86.8 Å². The molecule has 0 spiro atoms. The van der Waals surface area contributed by atoms with E-state index in [0.29, 0.717) is 0 Å². The summed E-state index contributed by atoms with van der Waals surface area (Å²) in [7, 11) is 0. The van der Waals surface area contributed by atoms with Gasteiger partial charge in [0.05, 0.1) is 6.61 Å². The first kappa shape index (κ1) is 20.7. The van der Waals surface area contributed by atoms with Crippen molar-refractivity contribution in [3.8, 4) is 5.75 Å². The summed E-state index contributed by atoms with van der Waals surface area (Å²) >= 11 is 0. The van der Waals surface area contributed by atoms with Crippen molar-refractivity contribution in [1.82, 2.24) is 0 Å². The van der Waals surface area contributed by atoms with Gasteiger partial charge in [-0.1, -0.05) is 64.0 Å². The van der Waals surface area contributed by atoms with Crippen molar-refractivity contribution in [3.05, 3.63) is 29.8 Å². The molecule has 0 aliphatic heterocycles. The average Bonchev–Trinajstić information content (AvgIpc) is 2.73. The lowest BCUT2D eigenvalue weighted by atomic mass is 9.68. The predicted octanol–water partition coefficient (Wildman–Crippen LogP) is 7.82. The molecule has 0 atom stereocenters. The lowest BCUT2D eigenvalue weighted by molar-refractivity contribution is 0.140. The fraction of sp³-hybridized carbons (Fsp3) is 0.769. The van der Waals surface area contributed by atoms with Crippen molar-refractivity contribution in [2.24, 2.45) is 23.7 Å². The smallest absolute Gasteiger partial charge is 0.119 e. The van der Waals surface area contributed by atoms with Crippen LogP contribution in [0.5, 0.6) is 5.75 Å². The number of hydrogen-bond acceptors (Lipinski definition) is 1. The SMILES string of the molecule is CCCCC1CCC(C2CCC(CCc3ccc(OCC)cc3)CC2)CC1. The Hall–Kier alpha value is -0.980. The minimum atomic E-state index is 0.753. The molecule has 1 nitrogen and oxygen atoms in total. The van der Waals surface area contributed by atoms with Gasteiger partial charge in [-0.3, -0.25) is 0 Å². The minimum Gasteiger partial charge on any atom is -0.494 e. The van der Waals surface area contributed by atoms with Crippen LogP contribution in [0.25, 0.3) is 0 Å². The fourth-order valence-corrected chi connectivity index (χ4v) is 5.68. The maximum Gasteiger partial charge on any atom is 0.119 e. The van der Waals surface area contributed by atoms with E-state index in [1.54, 1.807) is 0 Å². The Morgan fingerprint density at radius 1 is 0.741 bits per heavy atom. The molecule has 152 valence electrons. The molecule has 1 aromatic carbocycles. The van der Waals surface area contributed by atoms with Crippen molar-refractivity contribution in [1.29, 1.82) is 0 Å². The van der Waals surface area contributed by atoms with Crippen LogP contribution in [-0.4, -0.2) is 6.61 Å². The van der Waals surface area contributed by atoms with Crippen molar-refractivity contribution in [2.45, 2.75) is 97.3 Å². The van der Waals surface area contributed by atoms with Crippen LogP contribution < -0.4 is 4.74 Å². The second-order valence-corrected chi connectivity index (χ2v) is 9.32. The zero-order valence-corrected chi connectivity index (χ0v) is 17.9. The van der Waals surface area contributed by atoms with E-state index in [1.165, 1.54) is 89.0 Å². The quantitative estimate of drug-likeness (QED) is 0.430. The molecular weight excluding hydrogens is 328 g/mol. The van der Waals surface area contributed by atoms with Gasteiger partial charge in [0.2, 0.25) is 0 Å². The monoisotopic (exact) mass is 370 g/mol. The van der Waals surface area contributed by atoms with Crippen molar-refractivity contribution < 1.29 is 4.74 Å². The third kappa shape index (κ3) is 6.54. The Balaban J connectivity index is 1.33. The van der Waals surface area contributed by atoms with E-state index in [2.05, 4.69) is 31.2 Å². The second kappa shape index (κ2) is 11.1. The molecule has 2 saturated carbocycles. The van der Waals surface area contributed by atoms with E-state index < -0.39 is 0 Å². The molecule has 2 fully saturated rings. The molecule has 3 rings (SSSR count). The van der Waals surface area contributed by atoms with Gasteiger partial charge >= 0.3 is 0 Å². The molecule has 0 heterocycles. The Bertz CT molecular complexity index is 504. The van der Waals surface area contributed by atoms with Crippen LogP contribution in [0.2, 0.25) is 0 Å². The summed E-state index contributed by atoms with van der Waals surface area (Å²) in [6.45, 7) is 5.13. The molecule has 1 heteroatoms. The zero-order chi connectivity index (χ0) is 18.9. The maximum absolute atomic E-state index is 5.55. The van der Waals surface area contributed by atoms with Gasteiger partial charge in [-0.15, -0.1) is 0 Å². The van der Waals surface area contributed by atoms with E-state index in [1.807, 2.05) is 6.92 Å². The highest BCUT2D eigenvalue weighted by molar-refractivity contribution is 5.27. The Morgan fingerprint density at radius 2 is 1.30 bits per heavy atom. The predicted molar refractivity (Wildman–Crippen MR) is 116 cm³/mol. The van der Waals surface area contributed by atoms with Crippen LogP contribution in [0.1, 0.15) is 96.5 Å². The summed E-state index contributed by atoms with van der Waals surface area (Å²) in [5.41, 5.74) is 1.48. The molecule has 0 radical (unpaired) electrons. The molecule has 0 saturated heterocycles. The molecule has 1 aromatic rings. The number of aryl methyl sites for hydroxylation is 1. The molecule has 27 heavy (non-hydrogen) atoms. The molecule has 0 N–H and O–H groups in total. The van der Waals surface area contributed by atoms with Crippen LogP contribution in [0.15, 0.2) is 24.3 Å². The van der Waals surface area contributed by atoms with E-state index >= 15 is 0 Å². The molecule has 0 bridgehead atoms. The van der Waals surface area contributed by atoms with E-state index in [9.17, 15) is 0 Å². The summed E-state index contributed by atoms with van der Waals surface area (Å²) in [6, 6.07) is 8.78. The normalized spacial score (nSPS) is 28.8. The Morgan fingerprint density at radius 3 is 1.81 bits per heavy atom. The van der Waals surface area contributed by atoms with Crippen LogP contribution in [0.3, 0.4) is 0 Å². The molecule has 0 amide bonds. The second-order valence-electron chi connectivity index (χ2n) is 9.32. The highest BCUT2D eigenvalue weighted by Crippen LogP contribution is 2.43. The van der Waals surface area contributed by atoms with Gasteiger partial charge in [0, 0.05) is 0 Å². The molecule has 0 aromatic heterocycles. The van der Waals surface area contributed by atoms with Crippen LogP contribution in [0.4, 0.5) is 0 Å². The number of benzene rings is 1. The third-order valence-corrected chi connectivity index (χ3v) is 7.49. The Labute approximate surface area is 168 Å². The first-order valence-corrected chi connectivity index (χ1v) is 12.0. The van der Waals surface area contributed by atoms with Gasteiger partial charge in [-0.2, -0.15) is 0 Å². The van der Waals surface area contributed by atoms with E-state index in [0.717, 1.165) is 36.0 Å². The molecule has 2 aliphatic carbocycles. The summed E-state index contributed by atoms with van der Waals surface area (Å²) < 4.78 is 5.55. The summed E-state index contributed by atoms with van der Waals surface area (Å²) in [6.07, 6.45) is 19.1. The van der Waals surface area contributed by atoms with Crippen LogP contribution >= 0.6 is 0 Å². The lowest BCUT2D eigenvalue weighted by Crippen LogP contribution is -2.26. The summed E-state index contributed by atoms with van der Waals surface area (Å²) in [4.78, 5) is 0. The van der Waals surface area contributed by atoms with Gasteiger partial charge < -0.3 is 4.74 Å². The van der Waals surface area contributed by atoms with E-state index in [-0.39, 0.29) is 0 Å². The van der Waals surface area contributed by atoms with E-state index in [4.69, 9.17) is 4.74 Å². The summed E-state index contributed by atoms with van der Waals surface area (Å²) in [5, 5.41) is 0. The zero-order valence-electron chi connectivity index (χ0n) is 17.9. The third-order valence-electron chi connectivity index (χ3n) is 7.49. The van der Waals surface area contributed by atoms with Crippen LogP contribution in [0, 0.1) is 23.7 Å². The van der Waals surface area contributed by atoms with Gasteiger partial charge in [0.1, 0.15) is 5.75 Å². The largest absolute Gasteiger partial charge is 0.494 e. The highest BCUT2D eigenvalue weighted by Gasteiger charge is 2.30. The number of ether oxygens (including phenoxy) is 1. The number of rotatable bonds is 9. The molecule has 0 unspecified atom stereocenters. The standard InChI is InChI=1S/C26H42O/c1-3-5-6-21-9-15-24(16-10-21)25-17-11-22(12-18-25)7-8-23-13-19-26(20-14-23)27-4-2/h13-14,19-22,24-25H,3-12,15-18H2,1-2H3. The fourth-order valence-electron chi connectivity index (χ4n) is 5.68.